The molecule has 172 valence electrons. The van der Waals surface area contributed by atoms with E-state index in [1.54, 1.807) is 52.0 Å². The number of benzene rings is 2. The smallest absolute Gasteiger partial charge is 0.498 e. The average Bonchev–Trinajstić information content (AvgIpc) is 2.79. The van der Waals surface area contributed by atoms with Gasteiger partial charge in [0, 0.05) is 0 Å². The minimum Gasteiger partial charge on any atom is -0.498 e. The average molecular weight is 504 g/mol. The molecule has 0 aliphatic rings. The molecule has 2 rings (SSSR count). The summed E-state index contributed by atoms with van der Waals surface area (Å²) in [6.45, 7) is 18.1. The summed E-state index contributed by atoms with van der Waals surface area (Å²) >= 11 is 0. The Balaban J connectivity index is 0.000000602. The monoisotopic (exact) mass is 502 g/mol. The van der Waals surface area contributed by atoms with Crippen molar-refractivity contribution in [2.45, 2.75) is 27.7 Å². The van der Waals surface area contributed by atoms with E-state index in [1.807, 2.05) is 36.4 Å². The summed E-state index contributed by atoms with van der Waals surface area (Å²) in [7, 11) is 2.64. The summed E-state index contributed by atoms with van der Waals surface area (Å²) in [6, 6.07) is 18.1. The topological polar surface area (TPSA) is 71.1 Å². The molecule has 6 nitrogen and oxygen atoms in total. The molecule has 2 aromatic carbocycles. The van der Waals surface area contributed by atoms with E-state index in [0.717, 1.165) is 0 Å². The molecule has 0 bridgehead atoms. The van der Waals surface area contributed by atoms with Gasteiger partial charge in [-0.15, -0.1) is 0 Å². The Hall–Kier alpha value is -2.92. The van der Waals surface area contributed by atoms with Crippen molar-refractivity contribution in [1.82, 2.24) is 0 Å². The predicted molar refractivity (Wildman–Crippen MR) is 121 cm³/mol. The van der Waals surface area contributed by atoms with Gasteiger partial charge in [0.05, 0.1) is 25.0 Å². The zero-order chi connectivity index (χ0) is 24.4. The summed E-state index contributed by atoms with van der Waals surface area (Å²) in [5, 5.41) is 0. The van der Waals surface area contributed by atoms with Gasteiger partial charge < -0.3 is 32.1 Å². The van der Waals surface area contributed by atoms with Crippen molar-refractivity contribution in [2.75, 3.05) is 14.2 Å². The van der Waals surface area contributed by atoms with Crippen molar-refractivity contribution in [2.24, 2.45) is 10.8 Å². The SMILES string of the molecule is [CH-]=C(Oc1ccccc1)C(C)(C)C(=O)OC.[CH-]=C(Oc1ccccc1)C(C)(C)C(=O)OC.[Zn+2]. The van der Waals surface area contributed by atoms with E-state index in [2.05, 4.69) is 9.47 Å². The first-order valence-corrected chi connectivity index (χ1v) is 9.85. The number of esters is 2. The molecule has 0 heterocycles. The first-order chi connectivity index (χ1) is 15.0. The minimum absolute atomic E-state index is 0. The maximum absolute atomic E-state index is 11.5. The molecule has 0 atom stereocenters. The third-order valence-corrected chi connectivity index (χ3v) is 4.57. The molecule has 0 fully saturated rings. The quantitative estimate of drug-likeness (QED) is 0.214. The van der Waals surface area contributed by atoms with Crippen LogP contribution in [0.15, 0.2) is 72.2 Å². The Morgan fingerprint density at radius 1 is 0.636 bits per heavy atom. The second kappa shape index (κ2) is 13.6. The number of ether oxygens (including phenoxy) is 4. The summed E-state index contributed by atoms with van der Waals surface area (Å²) in [5.41, 5.74) is -1.94. The molecule has 0 aliphatic heterocycles. The van der Waals surface area contributed by atoms with Gasteiger partial charge in [0.2, 0.25) is 0 Å². The normalized spacial score (nSPS) is 10.4. The summed E-state index contributed by atoms with van der Waals surface area (Å²) in [5.74, 6) is 0.562. The molecule has 33 heavy (non-hydrogen) atoms. The van der Waals surface area contributed by atoms with Crippen molar-refractivity contribution < 1.29 is 48.0 Å². The van der Waals surface area contributed by atoms with E-state index in [9.17, 15) is 9.59 Å². The number of rotatable bonds is 8. The molecule has 0 aliphatic carbocycles. The fourth-order valence-electron chi connectivity index (χ4n) is 2.20. The van der Waals surface area contributed by atoms with E-state index >= 15 is 0 Å². The zero-order valence-electron chi connectivity index (χ0n) is 20.1. The van der Waals surface area contributed by atoms with Crippen LogP contribution in [-0.4, -0.2) is 26.2 Å². The van der Waals surface area contributed by atoms with Gasteiger partial charge in [-0.05, 0) is 52.0 Å². The van der Waals surface area contributed by atoms with Gasteiger partial charge in [-0.25, -0.2) is 0 Å². The van der Waals surface area contributed by atoms with Gasteiger partial charge >= 0.3 is 31.4 Å². The molecule has 0 N–H and O–H groups in total. The Morgan fingerprint density at radius 3 is 1.15 bits per heavy atom. The third kappa shape index (κ3) is 8.85. The molecular weight excluding hydrogens is 474 g/mol. The summed E-state index contributed by atoms with van der Waals surface area (Å²) in [6.07, 6.45) is 0. The molecular formula is C26H30O6Zn. The van der Waals surface area contributed by atoms with Crippen LogP contribution in [-0.2, 0) is 38.5 Å². The predicted octanol–water partition coefficient (Wildman–Crippen LogP) is 5.16. The standard InChI is InChI=1S/2C13H15O3.Zn/c2*1-10(13(2,3)12(14)15-4)16-11-8-6-5-7-9-11;/h2*1,5-9H,2-4H3;/q2*-1;+2. The maximum Gasteiger partial charge on any atom is 2.00 e. The van der Waals surface area contributed by atoms with Crippen molar-refractivity contribution >= 4 is 11.9 Å². The van der Waals surface area contributed by atoms with Crippen LogP contribution in [0, 0.1) is 24.0 Å². The second-order valence-electron chi connectivity index (χ2n) is 7.79. The molecule has 0 spiro atoms. The Bertz CT molecular complexity index is 843. The van der Waals surface area contributed by atoms with Crippen molar-refractivity contribution in [3.8, 4) is 11.5 Å². The third-order valence-electron chi connectivity index (χ3n) is 4.57. The molecule has 0 amide bonds. The number of hydrogen-bond acceptors (Lipinski definition) is 6. The van der Waals surface area contributed by atoms with Crippen LogP contribution in [0.5, 0.6) is 11.5 Å². The Labute approximate surface area is 209 Å². The first-order valence-electron chi connectivity index (χ1n) is 9.85. The Kier molecular flexibility index (Phi) is 12.4. The number of carbonyl (C=O) groups excluding carboxylic acids is 2. The van der Waals surface area contributed by atoms with Crippen LogP contribution in [0.3, 0.4) is 0 Å². The number of methoxy groups -OCH3 is 2. The molecule has 0 radical (unpaired) electrons. The van der Waals surface area contributed by atoms with Crippen LogP contribution in [0.1, 0.15) is 27.7 Å². The molecule has 0 unspecified atom stereocenters. The number of carbonyl (C=O) groups is 2. The van der Waals surface area contributed by atoms with Gasteiger partial charge in [-0.3, -0.25) is 9.59 Å². The van der Waals surface area contributed by atoms with E-state index < -0.39 is 22.8 Å². The van der Waals surface area contributed by atoms with Crippen molar-refractivity contribution in [3.63, 3.8) is 0 Å². The zero-order valence-corrected chi connectivity index (χ0v) is 23.1. The molecule has 0 saturated carbocycles. The van der Waals surface area contributed by atoms with Crippen LogP contribution in [0.25, 0.3) is 0 Å². The van der Waals surface area contributed by atoms with E-state index in [-0.39, 0.29) is 31.0 Å². The number of para-hydroxylation sites is 2. The van der Waals surface area contributed by atoms with Gasteiger partial charge in [0.15, 0.2) is 0 Å². The maximum atomic E-state index is 11.5. The molecule has 7 heteroatoms. The van der Waals surface area contributed by atoms with Crippen LogP contribution in [0.4, 0.5) is 0 Å². The minimum atomic E-state index is -0.968. The molecule has 0 aromatic heterocycles. The van der Waals surface area contributed by atoms with Gasteiger partial charge in [0.25, 0.3) is 0 Å². The van der Waals surface area contributed by atoms with E-state index in [0.29, 0.717) is 11.5 Å². The fraction of sp³-hybridized carbons (Fsp3) is 0.308. The fourth-order valence-corrected chi connectivity index (χ4v) is 2.20. The Morgan fingerprint density at radius 2 is 0.909 bits per heavy atom. The number of hydrogen-bond donors (Lipinski definition) is 0. The molecule has 0 saturated heterocycles. The van der Waals surface area contributed by atoms with Gasteiger partial charge in [0.1, 0.15) is 11.5 Å². The summed E-state index contributed by atoms with van der Waals surface area (Å²) < 4.78 is 20.1. The van der Waals surface area contributed by atoms with Gasteiger partial charge in [-0.2, -0.15) is 0 Å². The van der Waals surface area contributed by atoms with E-state index in [4.69, 9.17) is 22.6 Å². The van der Waals surface area contributed by atoms with Crippen LogP contribution < -0.4 is 9.47 Å². The van der Waals surface area contributed by atoms with E-state index in [1.165, 1.54) is 14.2 Å². The van der Waals surface area contributed by atoms with Crippen molar-refractivity contribution in [3.05, 3.63) is 85.3 Å². The van der Waals surface area contributed by atoms with Crippen molar-refractivity contribution in [1.29, 1.82) is 0 Å². The second-order valence-corrected chi connectivity index (χ2v) is 7.79. The first kappa shape index (κ1) is 30.1. The van der Waals surface area contributed by atoms with Crippen LogP contribution in [0.2, 0.25) is 0 Å². The van der Waals surface area contributed by atoms with Gasteiger partial charge in [-0.1, -0.05) is 47.9 Å². The largest absolute Gasteiger partial charge is 2.00 e. The molecule has 2 aromatic rings. The summed E-state index contributed by atoms with van der Waals surface area (Å²) in [4.78, 5) is 22.9. The van der Waals surface area contributed by atoms with Crippen LogP contribution >= 0.6 is 0 Å².